The van der Waals surface area contributed by atoms with E-state index in [4.69, 9.17) is 14.9 Å². The fourth-order valence-electron chi connectivity index (χ4n) is 2.68. The molecule has 2 aromatic rings. The number of H-pyrrole nitrogens is 1. The SMILES string of the molecule is O=C(O)C1Cc2c([nH]c3ccc(OCC(O)CO)cc23)CN1. The molecule has 0 spiro atoms. The number of aliphatic carboxylic acids is 1. The summed E-state index contributed by atoms with van der Waals surface area (Å²) in [5, 5.41) is 31.2. The summed E-state index contributed by atoms with van der Waals surface area (Å²) in [5.41, 5.74) is 2.89. The third-order valence-electron chi connectivity index (χ3n) is 3.85. The first-order valence-electron chi connectivity index (χ1n) is 7.10. The maximum Gasteiger partial charge on any atom is 0.321 e. The summed E-state index contributed by atoms with van der Waals surface area (Å²) in [6, 6.07) is 4.88. The van der Waals surface area contributed by atoms with Crippen molar-refractivity contribution in [3.8, 4) is 5.75 Å². The van der Waals surface area contributed by atoms with Crippen LogP contribution in [0.3, 0.4) is 0 Å². The number of nitrogens with one attached hydrogen (secondary N) is 2. The molecule has 0 aliphatic carbocycles. The van der Waals surface area contributed by atoms with Crippen LogP contribution in [0.4, 0.5) is 0 Å². The van der Waals surface area contributed by atoms with Crippen molar-refractivity contribution < 1.29 is 24.9 Å². The zero-order valence-corrected chi connectivity index (χ0v) is 11.9. The normalized spacial score (nSPS) is 18.9. The third-order valence-corrected chi connectivity index (χ3v) is 3.85. The van der Waals surface area contributed by atoms with Crippen LogP contribution >= 0.6 is 0 Å². The van der Waals surface area contributed by atoms with Crippen LogP contribution in [0, 0.1) is 0 Å². The summed E-state index contributed by atoms with van der Waals surface area (Å²) >= 11 is 0. The Kier molecular flexibility index (Phi) is 4.02. The lowest BCUT2D eigenvalue weighted by Crippen LogP contribution is -2.41. The molecular formula is C15H18N2O5. The monoisotopic (exact) mass is 306 g/mol. The fraction of sp³-hybridized carbons (Fsp3) is 0.400. The number of carboxylic acid groups (broad SMARTS) is 1. The van der Waals surface area contributed by atoms with Crippen LogP contribution < -0.4 is 10.1 Å². The lowest BCUT2D eigenvalue weighted by Gasteiger charge is -2.20. The molecular weight excluding hydrogens is 288 g/mol. The first-order valence-corrected chi connectivity index (χ1v) is 7.10. The number of aliphatic hydroxyl groups is 2. The highest BCUT2D eigenvalue weighted by Crippen LogP contribution is 2.29. The lowest BCUT2D eigenvalue weighted by molar-refractivity contribution is -0.139. The van der Waals surface area contributed by atoms with E-state index in [0.717, 1.165) is 22.2 Å². The van der Waals surface area contributed by atoms with Crippen molar-refractivity contribution in [2.75, 3.05) is 13.2 Å². The summed E-state index contributed by atoms with van der Waals surface area (Å²) < 4.78 is 5.45. The largest absolute Gasteiger partial charge is 0.491 e. The molecule has 0 fully saturated rings. The maximum atomic E-state index is 11.2. The van der Waals surface area contributed by atoms with Crippen LogP contribution in [0.5, 0.6) is 5.75 Å². The van der Waals surface area contributed by atoms with Gasteiger partial charge in [-0.15, -0.1) is 0 Å². The van der Waals surface area contributed by atoms with E-state index in [9.17, 15) is 9.90 Å². The van der Waals surface area contributed by atoms with Crippen molar-refractivity contribution in [2.24, 2.45) is 0 Å². The summed E-state index contributed by atoms with van der Waals surface area (Å²) in [6.45, 7) is 0.141. The van der Waals surface area contributed by atoms with Gasteiger partial charge >= 0.3 is 5.97 Å². The highest BCUT2D eigenvalue weighted by atomic mass is 16.5. The van der Waals surface area contributed by atoms with Crippen molar-refractivity contribution in [3.05, 3.63) is 29.5 Å². The van der Waals surface area contributed by atoms with Crippen molar-refractivity contribution in [2.45, 2.75) is 25.1 Å². The van der Waals surface area contributed by atoms with E-state index in [-0.39, 0.29) is 13.2 Å². The van der Waals surface area contributed by atoms with Crippen LogP contribution in [-0.4, -0.2) is 51.6 Å². The average molecular weight is 306 g/mol. The predicted molar refractivity (Wildman–Crippen MR) is 78.9 cm³/mol. The molecule has 7 nitrogen and oxygen atoms in total. The molecule has 1 aromatic carbocycles. The van der Waals surface area contributed by atoms with Crippen LogP contribution in [0.15, 0.2) is 18.2 Å². The number of hydrogen-bond acceptors (Lipinski definition) is 5. The maximum absolute atomic E-state index is 11.2. The number of ether oxygens (including phenoxy) is 1. The fourth-order valence-corrected chi connectivity index (χ4v) is 2.68. The number of carbonyl (C=O) groups is 1. The van der Waals surface area contributed by atoms with E-state index in [0.29, 0.717) is 18.7 Å². The molecule has 1 aliphatic heterocycles. The number of hydrogen-bond donors (Lipinski definition) is 5. The molecule has 2 unspecified atom stereocenters. The van der Waals surface area contributed by atoms with Gasteiger partial charge in [-0.05, 0) is 23.8 Å². The molecule has 7 heteroatoms. The molecule has 0 amide bonds. The van der Waals surface area contributed by atoms with E-state index < -0.39 is 18.1 Å². The van der Waals surface area contributed by atoms with Crippen LogP contribution in [0.2, 0.25) is 0 Å². The predicted octanol–water partition coefficient (Wildman–Crippen LogP) is -0.00120. The lowest BCUT2D eigenvalue weighted by atomic mass is 9.98. The van der Waals surface area contributed by atoms with Gasteiger partial charge in [0, 0.05) is 29.6 Å². The van der Waals surface area contributed by atoms with Crippen LogP contribution in [-0.2, 0) is 17.8 Å². The van der Waals surface area contributed by atoms with E-state index in [2.05, 4.69) is 10.3 Å². The van der Waals surface area contributed by atoms with Crippen molar-refractivity contribution >= 4 is 16.9 Å². The van der Waals surface area contributed by atoms with E-state index in [1.807, 2.05) is 12.1 Å². The van der Waals surface area contributed by atoms with Gasteiger partial charge in [0.05, 0.1) is 6.61 Å². The second-order valence-corrected chi connectivity index (χ2v) is 5.41. The summed E-state index contributed by atoms with van der Waals surface area (Å²) in [4.78, 5) is 14.4. The van der Waals surface area contributed by atoms with Gasteiger partial charge in [0.15, 0.2) is 0 Å². The zero-order valence-electron chi connectivity index (χ0n) is 11.9. The molecule has 0 radical (unpaired) electrons. The molecule has 0 saturated heterocycles. The topological polar surface area (TPSA) is 115 Å². The Morgan fingerprint density at radius 3 is 3.00 bits per heavy atom. The molecule has 1 aliphatic rings. The highest BCUT2D eigenvalue weighted by Gasteiger charge is 2.26. The number of benzene rings is 1. The first kappa shape index (κ1) is 14.8. The smallest absolute Gasteiger partial charge is 0.321 e. The molecule has 3 rings (SSSR count). The Morgan fingerprint density at radius 2 is 2.27 bits per heavy atom. The Morgan fingerprint density at radius 1 is 1.45 bits per heavy atom. The Labute approximate surface area is 126 Å². The minimum atomic E-state index is -0.920. The zero-order chi connectivity index (χ0) is 15.7. The van der Waals surface area contributed by atoms with E-state index in [1.165, 1.54) is 0 Å². The molecule has 22 heavy (non-hydrogen) atoms. The van der Waals surface area contributed by atoms with Gasteiger partial charge in [-0.3, -0.25) is 10.1 Å². The number of aromatic nitrogens is 1. The quantitative estimate of drug-likeness (QED) is 0.531. The Hall–Kier alpha value is -2.09. The van der Waals surface area contributed by atoms with Gasteiger partial charge in [0.2, 0.25) is 0 Å². The minimum absolute atomic E-state index is 0.00786. The summed E-state index contributed by atoms with van der Waals surface area (Å²) in [5.74, 6) is -0.286. The molecule has 2 atom stereocenters. The second kappa shape index (κ2) is 5.96. The van der Waals surface area contributed by atoms with Gasteiger partial charge < -0.3 is 25.0 Å². The number of aliphatic hydroxyl groups excluding tert-OH is 2. The second-order valence-electron chi connectivity index (χ2n) is 5.41. The van der Waals surface area contributed by atoms with Gasteiger partial charge in [-0.25, -0.2) is 0 Å². The molecule has 5 N–H and O–H groups in total. The van der Waals surface area contributed by atoms with Crippen LogP contribution in [0.25, 0.3) is 10.9 Å². The first-order chi connectivity index (χ1) is 10.6. The molecule has 118 valence electrons. The third kappa shape index (κ3) is 2.78. The number of carboxylic acids is 1. The van der Waals surface area contributed by atoms with Gasteiger partial charge in [0.25, 0.3) is 0 Å². The molecule has 1 aromatic heterocycles. The van der Waals surface area contributed by atoms with Crippen molar-refractivity contribution in [1.29, 1.82) is 0 Å². The Balaban J connectivity index is 1.88. The summed E-state index contributed by atoms with van der Waals surface area (Å²) in [7, 11) is 0. The van der Waals surface area contributed by atoms with E-state index >= 15 is 0 Å². The number of aromatic amines is 1. The van der Waals surface area contributed by atoms with Crippen molar-refractivity contribution in [3.63, 3.8) is 0 Å². The molecule has 0 bridgehead atoms. The molecule has 0 saturated carbocycles. The minimum Gasteiger partial charge on any atom is -0.491 e. The van der Waals surface area contributed by atoms with Crippen LogP contribution in [0.1, 0.15) is 11.3 Å². The standard InChI is InChI=1S/C15H18N2O5/c18-6-8(19)7-22-9-1-2-12-10(3-9)11-4-13(15(20)21)16-5-14(11)17-12/h1-3,8,13,16-19H,4-7H2,(H,20,21). The summed E-state index contributed by atoms with van der Waals surface area (Å²) in [6.07, 6.45) is -0.510. The highest BCUT2D eigenvalue weighted by molar-refractivity contribution is 5.87. The average Bonchev–Trinajstić information content (AvgIpc) is 2.89. The van der Waals surface area contributed by atoms with Gasteiger partial charge in [-0.1, -0.05) is 0 Å². The molecule has 2 heterocycles. The van der Waals surface area contributed by atoms with Gasteiger partial charge in [-0.2, -0.15) is 0 Å². The Bertz CT molecular complexity index is 697. The van der Waals surface area contributed by atoms with Crippen molar-refractivity contribution in [1.82, 2.24) is 10.3 Å². The number of rotatable bonds is 5. The number of fused-ring (bicyclic) bond motifs is 3. The van der Waals surface area contributed by atoms with Gasteiger partial charge in [0.1, 0.15) is 24.5 Å². The van der Waals surface area contributed by atoms with E-state index in [1.54, 1.807) is 6.07 Å².